The molecule has 0 fully saturated rings. The second kappa shape index (κ2) is 5.81. The Labute approximate surface area is 110 Å². The van der Waals surface area contributed by atoms with Gasteiger partial charge in [-0.15, -0.1) is 0 Å². The van der Waals surface area contributed by atoms with Crippen LogP contribution in [0.25, 0.3) is 0 Å². The van der Waals surface area contributed by atoms with Gasteiger partial charge in [-0.1, -0.05) is 0 Å². The van der Waals surface area contributed by atoms with Crippen LogP contribution in [0.3, 0.4) is 0 Å². The van der Waals surface area contributed by atoms with Crippen molar-refractivity contribution in [2.24, 2.45) is 0 Å². The third kappa shape index (κ3) is 3.19. The molecule has 0 spiro atoms. The Morgan fingerprint density at radius 1 is 1.37 bits per heavy atom. The maximum atomic E-state index is 11.8. The molecule has 2 N–H and O–H groups in total. The molecule has 0 aliphatic rings. The monoisotopic (exact) mass is 259 g/mol. The van der Waals surface area contributed by atoms with E-state index in [1.165, 1.54) is 19.4 Å². The number of ether oxygens (including phenoxy) is 1. The number of pyridine rings is 2. The lowest BCUT2D eigenvalue weighted by atomic mass is 10.2. The molecule has 0 atom stereocenters. The van der Waals surface area contributed by atoms with E-state index < -0.39 is 5.91 Å². The van der Waals surface area contributed by atoms with Crippen molar-refractivity contribution >= 4 is 5.91 Å². The average Bonchev–Trinajstić information content (AvgIpc) is 2.45. The summed E-state index contributed by atoms with van der Waals surface area (Å²) in [7, 11) is 1.52. The number of hydrogen-bond acceptors (Lipinski definition) is 5. The van der Waals surface area contributed by atoms with Gasteiger partial charge in [0.15, 0.2) is 5.69 Å². The Morgan fingerprint density at radius 3 is 2.95 bits per heavy atom. The van der Waals surface area contributed by atoms with Crippen molar-refractivity contribution in [2.45, 2.75) is 6.54 Å². The fourth-order valence-electron chi connectivity index (χ4n) is 1.51. The molecule has 2 heterocycles. The predicted molar refractivity (Wildman–Crippen MR) is 67.9 cm³/mol. The molecule has 0 unspecified atom stereocenters. The van der Waals surface area contributed by atoms with Gasteiger partial charge in [-0.25, -0.2) is 9.97 Å². The van der Waals surface area contributed by atoms with E-state index in [1.807, 2.05) is 0 Å². The molecule has 0 saturated heterocycles. The van der Waals surface area contributed by atoms with Crippen LogP contribution < -0.4 is 10.1 Å². The fraction of sp³-hybridized carbons (Fsp3) is 0.154. The van der Waals surface area contributed by atoms with Crippen LogP contribution in [0.1, 0.15) is 16.1 Å². The van der Waals surface area contributed by atoms with Gasteiger partial charge >= 0.3 is 0 Å². The molecule has 0 radical (unpaired) electrons. The molecule has 0 aromatic carbocycles. The largest absolute Gasteiger partial charge is 0.505 e. The van der Waals surface area contributed by atoms with Crippen LogP contribution in [0.4, 0.5) is 0 Å². The van der Waals surface area contributed by atoms with Crippen molar-refractivity contribution in [3.05, 3.63) is 47.9 Å². The van der Waals surface area contributed by atoms with E-state index in [9.17, 15) is 9.90 Å². The van der Waals surface area contributed by atoms with Crippen LogP contribution in [-0.4, -0.2) is 28.1 Å². The number of methoxy groups -OCH3 is 1. The van der Waals surface area contributed by atoms with Crippen LogP contribution in [0, 0.1) is 0 Å². The molecule has 0 saturated carbocycles. The molecule has 19 heavy (non-hydrogen) atoms. The molecule has 2 rings (SSSR count). The number of aromatic hydroxyl groups is 1. The molecular weight excluding hydrogens is 246 g/mol. The summed E-state index contributed by atoms with van der Waals surface area (Å²) >= 11 is 0. The predicted octanol–water partition coefficient (Wildman–Crippen LogP) is 1.12. The number of carbonyl (C=O) groups is 1. The highest BCUT2D eigenvalue weighted by Crippen LogP contribution is 2.13. The van der Waals surface area contributed by atoms with Crippen molar-refractivity contribution in [3.63, 3.8) is 0 Å². The first-order valence-electron chi connectivity index (χ1n) is 5.62. The zero-order chi connectivity index (χ0) is 13.7. The first kappa shape index (κ1) is 12.8. The Kier molecular flexibility index (Phi) is 3.92. The van der Waals surface area contributed by atoms with Crippen molar-refractivity contribution in [2.75, 3.05) is 7.11 Å². The number of amides is 1. The first-order chi connectivity index (χ1) is 9.20. The second-order valence-corrected chi connectivity index (χ2v) is 3.76. The first-order valence-corrected chi connectivity index (χ1v) is 5.62. The van der Waals surface area contributed by atoms with Crippen LogP contribution in [0.5, 0.6) is 11.6 Å². The highest BCUT2D eigenvalue weighted by molar-refractivity contribution is 5.94. The summed E-state index contributed by atoms with van der Waals surface area (Å²) in [6.45, 7) is 0.299. The maximum Gasteiger partial charge on any atom is 0.273 e. The number of nitrogens with zero attached hydrogens (tertiary/aromatic N) is 2. The lowest BCUT2D eigenvalue weighted by molar-refractivity contribution is 0.0943. The molecule has 6 heteroatoms. The summed E-state index contributed by atoms with van der Waals surface area (Å²) < 4.78 is 4.99. The summed E-state index contributed by atoms with van der Waals surface area (Å²) in [4.78, 5) is 19.6. The average molecular weight is 259 g/mol. The second-order valence-electron chi connectivity index (χ2n) is 3.76. The molecule has 0 aliphatic carbocycles. The molecule has 0 aliphatic heterocycles. The summed E-state index contributed by atoms with van der Waals surface area (Å²) in [6, 6.07) is 6.46. The third-order valence-electron chi connectivity index (χ3n) is 2.46. The molecule has 1 amide bonds. The van der Waals surface area contributed by atoms with E-state index in [-0.39, 0.29) is 11.4 Å². The summed E-state index contributed by atoms with van der Waals surface area (Å²) in [6.07, 6.45) is 3.04. The van der Waals surface area contributed by atoms with Gasteiger partial charge in [0.1, 0.15) is 5.75 Å². The van der Waals surface area contributed by atoms with Crippen LogP contribution >= 0.6 is 0 Å². The van der Waals surface area contributed by atoms with E-state index in [4.69, 9.17) is 4.74 Å². The normalized spacial score (nSPS) is 9.95. The van der Waals surface area contributed by atoms with Crippen molar-refractivity contribution < 1.29 is 14.6 Å². The molecule has 0 bridgehead atoms. The lowest BCUT2D eigenvalue weighted by Crippen LogP contribution is -2.23. The Morgan fingerprint density at radius 2 is 2.21 bits per heavy atom. The SMILES string of the molecule is COc1cc(CNC(=O)c2ncccc2O)ccn1. The highest BCUT2D eigenvalue weighted by atomic mass is 16.5. The number of carbonyl (C=O) groups excluding carboxylic acids is 1. The van der Waals surface area contributed by atoms with Crippen molar-refractivity contribution in [1.29, 1.82) is 0 Å². The molecular formula is C13H13N3O3. The van der Waals surface area contributed by atoms with Gasteiger partial charge < -0.3 is 15.2 Å². The Balaban J connectivity index is 2.02. The number of rotatable bonds is 4. The Bertz CT molecular complexity index is 587. The summed E-state index contributed by atoms with van der Waals surface area (Å²) in [5, 5.41) is 12.2. The number of hydrogen-bond donors (Lipinski definition) is 2. The van der Waals surface area contributed by atoms with E-state index in [2.05, 4.69) is 15.3 Å². The fourth-order valence-corrected chi connectivity index (χ4v) is 1.51. The quantitative estimate of drug-likeness (QED) is 0.859. The van der Waals surface area contributed by atoms with Gasteiger partial charge in [0, 0.05) is 25.0 Å². The zero-order valence-corrected chi connectivity index (χ0v) is 10.3. The van der Waals surface area contributed by atoms with Crippen LogP contribution in [-0.2, 0) is 6.54 Å². The number of nitrogens with one attached hydrogen (secondary N) is 1. The van der Waals surface area contributed by atoms with Gasteiger partial charge in [0.05, 0.1) is 7.11 Å². The van der Waals surface area contributed by atoms with Crippen LogP contribution in [0.15, 0.2) is 36.7 Å². The summed E-state index contributed by atoms with van der Waals surface area (Å²) in [5.41, 5.74) is 0.846. The lowest BCUT2D eigenvalue weighted by Gasteiger charge is -2.06. The minimum Gasteiger partial charge on any atom is -0.505 e. The molecule has 2 aromatic heterocycles. The molecule has 98 valence electrons. The van der Waals surface area contributed by atoms with Gasteiger partial charge in [-0.3, -0.25) is 4.79 Å². The topological polar surface area (TPSA) is 84.3 Å². The van der Waals surface area contributed by atoms with E-state index in [1.54, 1.807) is 24.4 Å². The van der Waals surface area contributed by atoms with Gasteiger partial charge in [-0.05, 0) is 23.8 Å². The van der Waals surface area contributed by atoms with Gasteiger partial charge in [-0.2, -0.15) is 0 Å². The molecule has 2 aromatic rings. The zero-order valence-electron chi connectivity index (χ0n) is 10.3. The molecule has 6 nitrogen and oxygen atoms in total. The number of aromatic nitrogens is 2. The van der Waals surface area contributed by atoms with Crippen LogP contribution in [0.2, 0.25) is 0 Å². The van der Waals surface area contributed by atoms with E-state index in [0.29, 0.717) is 12.4 Å². The van der Waals surface area contributed by atoms with Gasteiger partial charge in [0.2, 0.25) is 5.88 Å². The standard InChI is InChI=1S/C13H13N3O3/c1-19-11-7-9(4-6-14-11)8-16-13(18)12-10(17)3-2-5-15-12/h2-7,17H,8H2,1H3,(H,16,18). The van der Waals surface area contributed by atoms with Crippen molar-refractivity contribution in [1.82, 2.24) is 15.3 Å². The minimum atomic E-state index is -0.436. The smallest absolute Gasteiger partial charge is 0.273 e. The third-order valence-corrected chi connectivity index (χ3v) is 2.46. The van der Waals surface area contributed by atoms with Gasteiger partial charge in [0.25, 0.3) is 5.91 Å². The minimum absolute atomic E-state index is 0.00326. The maximum absolute atomic E-state index is 11.8. The van der Waals surface area contributed by atoms with Crippen molar-refractivity contribution in [3.8, 4) is 11.6 Å². The summed E-state index contributed by atoms with van der Waals surface area (Å²) in [5.74, 6) is -0.103. The Hall–Kier alpha value is -2.63. The highest BCUT2D eigenvalue weighted by Gasteiger charge is 2.11. The van der Waals surface area contributed by atoms with E-state index in [0.717, 1.165) is 5.56 Å². The van der Waals surface area contributed by atoms with E-state index >= 15 is 0 Å².